The normalized spacial score (nSPS) is 18.2. The first-order valence-electron chi connectivity index (χ1n) is 6.74. The van der Waals surface area contributed by atoms with Crippen molar-refractivity contribution in [2.45, 2.75) is 31.2 Å². The molecule has 1 aliphatic carbocycles. The third kappa shape index (κ3) is 2.99. The van der Waals surface area contributed by atoms with Crippen LogP contribution in [0.15, 0.2) is 36.7 Å². The van der Waals surface area contributed by atoms with E-state index in [2.05, 4.69) is 9.97 Å². The number of rotatable bonds is 5. The van der Waals surface area contributed by atoms with E-state index in [-0.39, 0.29) is 6.04 Å². The van der Waals surface area contributed by atoms with Gasteiger partial charge in [-0.05, 0) is 42.9 Å². The zero-order valence-electron chi connectivity index (χ0n) is 10.7. The summed E-state index contributed by atoms with van der Waals surface area (Å²) in [6.45, 7) is 0. The van der Waals surface area contributed by atoms with Crippen molar-refractivity contribution in [3.63, 3.8) is 0 Å². The van der Waals surface area contributed by atoms with E-state index < -0.39 is 0 Å². The lowest BCUT2D eigenvalue weighted by atomic mass is 9.91. The van der Waals surface area contributed by atoms with Gasteiger partial charge in [0.15, 0.2) is 0 Å². The van der Waals surface area contributed by atoms with Crippen LogP contribution in [0.3, 0.4) is 0 Å². The van der Waals surface area contributed by atoms with Crippen molar-refractivity contribution in [2.75, 3.05) is 0 Å². The summed E-state index contributed by atoms with van der Waals surface area (Å²) in [5, 5.41) is 0.751. The van der Waals surface area contributed by atoms with Gasteiger partial charge < -0.3 is 10.7 Å². The smallest absolute Gasteiger partial charge is 0.109 e. The van der Waals surface area contributed by atoms with Crippen molar-refractivity contribution in [3.8, 4) is 0 Å². The fraction of sp³-hybridized carbons (Fsp3) is 0.400. The van der Waals surface area contributed by atoms with Crippen molar-refractivity contribution < 1.29 is 0 Å². The highest BCUT2D eigenvalue weighted by Crippen LogP contribution is 2.45. The summed E-state index contributed by atoms with van der Waals surface area (Å²) in [5.41, 5.74) is 7.47. The van der Waals surface area contributed by atoms with Crippen LogP contribution in [0, 0.1) is 5.92 Å². The van der Waals surface area contributed by atoms with E-state index in [9.17, 15) is 0 Å². The molecule has 2 atom stereocenters. The molecule has 1 aromatic heterocycles. The minimum absolute atomic E-state index is 0.0352. The Bertz CT molecular complexity index is 517. The maximum atomic E-state index is 6.33. The number of nitrogens with one attached hydrogen (secondary N) is 1. The predicted octanol–water partition coefficient (Wildman–Crippen LogP) is 3.65. The number of aromatic nitrogens is 2. The molecule has 1 fully saturated rings. The summed E-state index contributed by atoms with van der Waals surface area (Å²) in [5.74, 6) is 2.26. The van der Waals surface area contributed by atoms with Gasteiger partial charge in [0, 0.05) is 29.4 Å². The first-order chi connectivity index (χ1) is 9.24. The van der Waals surface area contributed by atoms with Crippen molar-refractivity contribution in [1.29, 1.82) is 0 Å². The molecule has 0 bridgehead atoms. The summed E-state index contributed by atoms with van der Waals surface area (Å²) in [4.78, 5) is 7.64. The molecule has 1 aliphatic rings. The first-order valence-corrected chi connectivity index (χ1v) is 7.12. The van der Waals surface area contributed by atoms with Crippen LogP contribution >= 0.6 is 11.6 Å². The molecule has 0 saturated heterocycles. The van der Waals surface area contributed by atoms with Gasteiger partial charge in [0.2, 0.25) is 0 Å². The molecule has 3 rings (SSSR count). The minimum atomic E-state index is 0.0352. The summed E-state index contributed by atoms with van der Waals surface area (Å²) in [7, 11) is 0. The van der Waals surface area contributed by atoms with E-state index >= 15 is 0 Å². The number of nitrogens with zero attached hydrogens (tertiary/aromatic N) is 1. The lowest BCUT2D eigenvalue weighted by Gasteiger charge is -2.19. The SMILES string of the molecule is NC(CC(c1ncc[nH]1)C1CC1)c1ccc(Cl)cc1. The zero-order chi connectivity index (χ0) is 13.2. The van der Waals surface area contributed by atoms with Crippen LogP contribution in [0.5, 0.6) is 0 Å². The van der Waals surface area contributed by atoms with Crippen LogP contribution in [0.2, 0.25) is 5.02 Å². The Morgan fingerprint density at radius 1 is 1.32 bits per heavy atom. The van der Waals surface area contributed by atoms with Gasteiger partial charge in [0.1, 0.15) is 5.82 Å². The average molecular weight is 276 g/mol. The van der Waals surface area contributed by atoms with Gasteiger partial charge in [-0.3, -0.25) is 0 Å². The van der Waals surface area contributed by atoms with Gasteiger partial charge >= 0.3 is 0 Å². The van der Waals surface area contributed by atoms with Crippen molar-refractivity contribution in [1.82, 2.24) is 9.97 Å². The first kappa shape index (κ1) is 12.7. The number of halogens is 1. The summed E-state index contributed by atoms with van der Waals surface area (Å²) in [6.07, 6.45) is 7.22. The van der Waals surface area contributed by atoms with Crippen LogP contribution in [-0.2, 0) is 0 Å². The molecule has 3 nitrogen and oxygen atoms in total. The Balaban J connectivity index is 1.73. The molecule has 100 valence electrons. The quantitative estimate of drug-likeness (QED) is 0.875. The van der Waals surface area contributed by atoms with Crippen LogP contribution in [0.4, 0.5) is 0 Å². The molecular formula is C15H18ClN3. The second-order valence-corrected chi connectivity index (χ2v) is 5.75. The van der Waals surface area contributed by atoms with Gasteiger partial charge in [0.25, 0.3) is 0 Å². The molecule has 3 N–H and O–H groups in total. The largest absolute Gasteiger partial charge is 0.348 e. The van der Waals surface area contributed by atoms with Gasteiger partial charge in [-0.25, -0.2) is 4.98 Å². The number of aromatic amines is 1. The fourth-order valence-electron chi connectivity index (χ4n) is 2.63. The Kier molecular flexibility index (Phi) is 3.58. The monoisotopic (exact) mass is 275 g/mol. The topological polar surface area (TPSA) is 54.7 Å². The maximum Gasteiger partial charge on any atom is 0.109 e. The lowest BCUT2D eigenvalue weighted by molar-refractivity contribution is 0.480. The third-order valence-electron chi connectivity index (χ3n) is 3.87. The minimum Gasteiger partial charge on any atom is -0.348 e. The van der Waals surface area contributed by atoms with E-state index in [4.69, 9.17) is 17.3 Å². The molecule has 0 aliphatic heterocycles. The van der Waals surface area contributed by atoms with E-state index in [1.165, 1.54) is 12.8 Å². The van der Waals surface area contributed by atoms with Gasteiger partial charge in [-0.1, -0.05) is 23.7 Å². The van der Waals surface area contributed by atoms with Crippen molar-refractivity contribution in [3.05, 3.63) is 53.1 Å². The second kappa shape index (κ2) is 5.35. The fourth-order valence-corrected chi connectivity index (χ4v) is 2.75. The van der Waals surface area contributed by atoms with Crippen LogP contribution in [-0.4, -0.2) is 9.97 Å². The van der Waals surface area contributed by atoms with Gasteiger partial charge in [0.05, 0.1) is 0 Å². The van der Waals surface area contributed by atoms with E-state index in [1.807, 2.05) is 36.7 Å². The Morgan fingerprint density at radius 3 is 2.63 bits per heavy atom. The molecule has 19 heavy (non-hydrogen) atoms. The third-order valence-corrected chi connectivity index (χ3v) is 4.12. The van der Waals surface area contributed by atoms with E-state index in [1.54, 1.807) is 0 Å². The van der Waals surface area contributed by atoms with Gasteiger partial charge in [-0.15, -0.1) is 0 Å². The predicted molar refractivity (Wildman–Crippen MR) is 77.1 cm³/mol. The van der Waals surface area contributed by atoms with Crippen LogP contribution in [0.25, 0.3) is 0 Å². The lowest BCUT2D eigenvalue weighted by Crippen LogP contribution is -2.16. The molecule has 1 heterocycles. The Hall–Kier alpha value is -1.32. The Labute approximate surface area is 118 Å². The van der Waals surface area contributed by atoms with Crippen molar-refractivity contribution >= 4 is 11.6 Å². The highest BCUT2D eigenvalue weighted by Gasteiger charge is 2.34. The summed E-state index contributed by atoms with van der Waals surface area (Å²) >= 11 is 5.91. The second-order valence-electron chi connectivity index (χ2n) is 5.31. The van der Waals surface area contributed by atoms with E-state index in [0.717, 1.165) is 28.7 Å². The average Bonchev–Trinajstić information content (AvgIpc) is 3.11. The number of hydrogen-bond acceptors (Lipinski definition) is 2. The highest BCUT2D eigenvalue weighted by atomic mass is 35.5. The molecule has 4 heteroatoms. The molecule has 2 unspecified atom stereocenters. The number of H-pyrrole nitrogens is 1. The molecule has 1 saturated carbocycles. The molecule has 0 radical (unpaired) electrons. The van der Waals surface area contributed by atoms with Crippen LogP contribution in [0.1, 0.15) is 42.6 Å². The molecule has 1 aromatic carbocycles. The number of benzene rings is 1. The molecular weight excluding hydrogens is 258 g/mol. The number of imidazole rings is 1. The van der Waals surface area contributed by atoms with Crippen molar-refractivity contribution in [2.24, 2.45) is 11.7 Å². The Morgan fingerprint density at radius 2 is 2.05 bits per heavy atom. The standard InChI is InChI=1S/C15H18ClN3/c16-12-5-3-11(4-6-12)14(17)9-13(10-1-2-10)15-18-7-8-19-15/h3-8,10,13-14H,1-2,9,17H2,(H,18,19). The van der Waals surface area contributed by atoms with Gasteiger partial charge in [-0.2, -0.15) is 0 Å². The molecule has 2 aromatic rings. The summed E-state index contributed by atoms with van der Waals surface area (Å²) in [6, 6.07) is 7.86. The maximum absolute atomic E-state index is 6.33. The number of nitrogens with two attached hydrogens (primary N) is 1. The molecule has 0 amide bonds. The summed E-state index contributed by atoms with van der Waals surface area (Å²) < 4.78 is 0. The van der Waals surface area contributed by atoms with Crippen LogP contribution < -0.4 is 5.73 Å². The molecule has 0 spiro atoms. The highest BCUT2D eigenvalue weighted by molar-refractivity contribution is 6.30. The zero-order valence-corrected chi connectivity index (χ0v) is 11.5. The number of hydrogen-bond donors (Lipinski definition) is 2. The van der Waals surface area contributed by atoms with E-state index in [0.29, 0.717) is 5.92 Å².